The zero-order valence-electron chi connectivity index (χ0n) is 13.9. The largest absolute Gasteiger partial charge is 0.454 e. The number of thiazole rings is 1. The molecule has 1 aliphatic rings. The smallest absolute Gasteiger partial charge is 0.266 e. The molecule has 5 rings (SSSR count). The zero-order valence-corrected chi connectivity index (χ0v) is 16.2. The highest BCUT2D eigenvalue weighted by molar-refractivity contribution is 7.20. The van der Waals surface area contributed by atoms with Crippen LogP contribution < -0.4 is 14.8 Å². The van der Waals surface area contributed by atoms with Crippen molar-refractivity contribution >= 4 is 56.2 Å². The van der Waals surface area contributed by atoms with Crippen molar-refractivity contribution in [3.8, 4) is 16.6 Å². The van der Waals surface area contributed by atoms with E-state index in [4.69, 9.17) is 21.1 Å². The second-order valence-electron chi connectivity index (χ2n) is 5.81. The van der Waals surface area contributed by atoms with Crippen molar-refractivity contribution in [2.75, 3.05) is 12.1 Å². The molecule has 10 heteroatoms. The molecule has 0 aliphatic carbocycles. The molecule has 1 aliphatic heterocycles. The number of carbonyl (C=O) groups is 1. The molecule has 0 atom stereocenters. The first kappa shape index (κ1) is 16.5. The summed E-state index contributed by atoms with van der Waals surface area (Å²) in [6.07, 6.45) is 0. The first-order chi connectivity index (χ1) is 13.1. The molecule has 4 heterocycles. The molecule has 7 nitrogen and oxygen atoms in total. The third-order valence-electron chi connectivity index (χ3n) is 3.92. The third-order valence-corrected chi connectivity index (χ3v) is 6.15. The van der Waals surface area contributed by atoms with Crippen LogP contribution in [0.2, 0.25) is 4.34 Å². The number of benzene rings is 1. The second kappa shape index (κ2) is 6.22. The number of amides is 1. The summed E-state index contributed by atoms with van der Waals surface area (Å²) in [4.78, 5) is 17.6. The van der Waals surface area contributed by atoms with Gasteiger partial charge in [-0.3, -0.25) is 4.79 Å². The summed E-state index contributed by atoms with van der Waals surface area (Å²) in [5.41, 5.74) is 1.55. The van der Waals surface area contributed by atoms with Crippen LogP contribution in [0, 0.1) is 6.92 Å². The SMILES string of the molecule is Cc1cc(NC(=O)c2ccc(Cl)s2)n(-c2nc3cc4c(cc3s2)OCO4)n1. The molecule has 1 N–H and O–H groups in total. The summed E-state index contributed by atoms with van der Waals surface area (Å²) in [5, 5.41) is 7.99. The Labute approximate surface area is 166 Å². The fourth-order valence-electron chi connectivity index (χ4n) is 2.75. The van der Waals surface area contributed by atoms with Gasteiger partial charge >= 0.3 is 0 Å². The molecule has 0 bridgehead atoms. The standard InChI is InChI=1S/C17H11ClN4O3S2/c1-8-4-15(20-16(23)12-2-3-14(18)26-12)22(21-8)17-19-9-5-10-11(25-7-24-10)6-13(9)27-17/h2-6H,7H2,1H3,(H,20,23). The third kappa shape index (κ3) is 2.93. The lowest BCUT2D eigenvalue weighted by molar-refractivity contribution is 0.103. The first-order valence-corrected chi connectivity index (χ1v) is 9.92. The lowest BCUT2D eigenvalue weighted by Gasteiger charge is -2.05. The summed E-state index contributed by atoms with van der Waals surface area (Å²) in [5.74, 6) is 1.69. The monoisotopic (exact) mass is 418 g/mol. The maximum Gasteiger partial charge on any atom is 0.266 e. The number of fused-ring (bicyclic) bond motifs is 2. The number of hydrogen-bond acceptors (Lipinski definition) is 7. The molecule has 0 saturated heterocycles. The van der Waals surface area contributed by atoms with Gasteiger partial charge in [-0.05, 0) is 19.1 Å². The van der Waals surface area contributed by atoms with E-state index in [-0.39, 0.29) is 12.7 Å². The van der Waals surface area contributed by atoms with Crippen molar-refractivity contribution in [1.82, 2.24) is 14.8 Å². The average molecular weight is 419 g/mol. The minimum absolute atomic E-state index is 0.223. The molecule has 0 fully saturated rings. The van der Waals surface area contributed by atoms with E-state index < -0.39 is 0 Å². The highest BCUT2D eigenvalue weighted by atomic mass is 35.5. The molecule has 136 valence electrons. The van der Waals surface area contributed by atoms with E-state index >= 15 is 0 Å². The van der Waals surface area contributed by atoms with E-state index in [9.17, 15) is 4.79 Å². The van der Waals surface area contributed by atoms with E-state index in [2.05, 4.69) is 15.4 Å². The van der Waals surface area contributed by atoms with Crippen LogP contribution in [0.25, 0.3) is 15.3 Å². The number of nitrogens with zero attached hydrogens (tertiary/aromatic N) is 3. The number of aryl methyl sites for hydroxylation is 1. The Balaban J connectivity index is 1.52. The molecule has 27 heavy (non-hydrogen) atoms. The van der Waals surface area contributed by atoms with Gasteiger partial charge in [-0.15, -0.1) is 11.3 Å². The van der Waals surface area contributed by atoms with Gasteiger partial charge in [0.05, 0.1) is 25.1 Å². The topological polar surface area (TPSA) is 78.3 Å². The van der Waals surface area contributed by atoms with E-state index in [1.54, 1.807) is 22.9 Å². The Kier molecular flexibility index (Phi) is 3.81. The van der Waals surface area contributed by atoms with Crippen LogP contribution in [0.15, 0.2) is 30.3 Å². The van der Waals surface area contributed by atoms with Crippen molar-refractivity contribution < 1.29 is 14.3 Å². The van der Waals surface area contributed by atoms with Crippen molar-refractivity contribution in [3.63, 3.8) is 0 Å². The Morgan fingerprint density at radius 2 is 2.04 bits per heavy atom. The van der Waals surface area contributed by atoms with Crippen LogP contribution in [0.1, 0.15) is 15.4 Å². The zero-order chi connectivity index (χ0) is 18.5. The molecule has 3 aromatic heterocycles. The van der Waals surface area contributed by atoms with Gasteiger partial charge in [-0.2, -0.15) is 9.78 Å². The molecule has 0 radical (unpaired) electrons. The minimum atomic E-state index is -0.241. The number of thiophene rings is 1. The summed E-state index contributed by atoms with van der Waals surface area (Å²) in [6, 6.07) is 8.93. The van der Waals surface area contributed by atoms with Crippen molar-refractivity contribution in [2.45, 2.75) is 6.92 Å². The molecule has 4 aromatic rings. The molecule has 0 spiro atoms. The molecule has 0 saturated carbocycles. The van der Waals surface area contributed by atoms with Crippen molar-refractivity contribution in [1.29, 1.82) is 0 Å². The number of anilines is 1. The number of halogens is 1. The minimum Gasteiger partial charge on any atom is -0.454 e. The highest BCUT2D eigenvalue weighted by Crippen LogP contribution is 2.39. The average Bonchev–Trinajstić information content (AvgIpc) is 3.38. The Bertz CT molecular complexity index is 1160. The maximum atomic E-state index is 12.5. The van der Waals surface area contributed by atoms with Gasteiger partial charge in [0.25, 0.3) is 5.91 Å². The normalized spacial score (nSPS) is 12.7. The van der Waals surface area contributed by atoms with Crippen LogP contribution in [-0.2, 0) is 0 Å². The van der Waals surface area contributed by atoms with Gasteiger partial charge in [-0.1, -0.05) is 22.9 Å². The van der Waals surface area contributed by atoms with Crippen molar-refractivity contribution in [2.24, 2.45) is 0 Å². The van der Waals surface area contributed by atoms with E-state index in [1.807, 2.05) is 19.1 Å². The number of nitrogens with one attached hydrogen (secondary N) is 1. The Hall–Kier alpha value is -2.62. The van der Waals surface area contributed by atoms with Crippen LogP contribution in [-0.4, -0.2) is 27.5 Å². The van der Waals surface area contributed by atoms with Gasteiger partial charge in [0.1, 0.15) is 5.82 Å². The van der Waals surface area contributed by atoms with Crippen LogP contribution in [0.4, 0.5) is 5.82 Å². The quantitative estimate of drug-likeness (QED) is 0.530. The number of aromatic nitrogens is 3. The predicted molar refractivity (Wildman–Crippen MR) is 105 cm³/mol. The Morgan fingerprint density at radius 1 is 1.22 bits per heavy atom. The van der Waals surface area contributed by atoms with Gasteiger partial charge in [0, 0.05) is 18.2 Å². The molecule has 0 unspecified atom stereocenters. The second-order valence-corrected chi connectivity index (χ2v) is 8.53. The number of hydrogen-bond donors (Lipinski definition) is 1. The highest BCUT2D eigenvalue weighted by Gasteiger charge is 2.19. The fourth-order valence-corrected chi connectivity index (χ4v) is 4.62. The summed E-state index contributed by atoms with van der Waals surface area (Å²) >= 11 is 8.60. The van der Waals surface area contributed by atoms with Gasteiger partial charge < -0.3 is 14.8 Å². The molecule has 1 amide bonds. The van der Waals surface area contributed by atoms with E-state index in [1.165, 1.54) is 22.7 Å². The maximum absolute atomic E-state index is 12.5. The van der Waals surface area contributed by atoms with E-state index in [0.717, 1.165) is 15.9 Å². The van der Waals surface area contributed by atoms with Crippen LogP contribution in [0.3, 0.4) is 0 Å². The lowest BCUT2D eigenvalue weighted by atomic mass is 10.3. The number of rotatable bonds is 3. The number of carbonyl (C=O) groups excluding carboxylic acids is 1. The molecule has 1 aromatic carbocycles. The van der Waals surface area contributed by atoms with Crippen LogP contribution >= 0.6 is 34.3 Å². The number of ether oxygens (including phenoxy) is 2. The molecular formula is C17H11ClN4O3S2. The predicted octanol–water partition coefficient (Wildman–Crippen LogP) is 4.49. The molecular weight excluding hydrogens is 408 g/mol. The lowest BCUT2D eigenvalue weighted by Crippen LogP contribution is -2.13. The van der Waals surface area contributed by atoms with Gasteiger partial charge in [0.15, 0.2) is 11.5 Å². The fraction of sp³-hybridized carbons (Fsp3) is 0.118. The van der Waals surface area contributed by atoms with E-state index in [0.29, 0.717) is 31.7 Å². The van der Waals surface area contributed by atoms with Crippen LogP contribution in [0.5, 0.6) is 11.5 Å². The first-order valence-electron chi connectivity index (χ1n) is 7.91. The summed E-state index contributed by atoms with van der Waals surface area (Å²) in [7, 11) is 0. The van der Waals surface area contributed by atoms with Gasteiger partial charge in [0.2, 0.25) is 11.9 Å². The summed E-state index contributed by atoms with van der Waals surface area (Å²) < 4.78 is 14.0. The Morgan fingerprint density at radius 3 is 2.81 bits per heavy atom. The van der Waals surface area contributed by atoms with Gasteiger partial charge in [-0.25, -0.2) is 4.98 Å². The summed E-state index contributed by atoms with van der Waals surface area (Å²) in [6.45, 7) is 2.08. The van der Waals surface area contributed by atoms with Crippen molar-refractivity contribution in [3.05, 3.63) is 45.2 Å².